The number of carbonyl (C=O) groups excluding carboxylic acids is 2. The number of alkyl carbamates (subject to hydrolysis) is 1. The average molecular weight is 563 g/mol. The van der Waals surface area contributed by atoms with Gasteiger partial charge in [-0.25, -0.2) is 9.59 Å². The van der Waals surface area contributed by atoms with E-state index in [-0.39, 0.29) is 17.9 Å². The van der Waals surface area contributed by atoms with Crippen molar-refractivity contribution in [2.45, 2.75) is 84.6 Å². The van der Waals surface area contributed by atoms with Crippen molar-refractivity contribution in [3.8, 4) is 11.1 Å². The van der Waals surface area contributed by atoms with Crippen molar-refractivity contribution in [2.75, 3.05) is 7.11 Å². The Bertz CT molecular complexity index is 1350. The Morgan fingerprint density at radius 1 is 0.925 bits per heavy atom. The van der Waals surface area contributed by atoms with Gasteiger partial charge in [-0.3, -0.25) is 4.98 Å². The number of esters is 1. The lowest BCUT2D eigenvalue weighted by Crippen LogP contribution is -2.33. The number of hydrogen-bond donors (Lipinski definition) is 1. The van der Waals surface area contributed by atoms with Gasteiger partial charge >= 0.3 is 12.1 Å². The Hall–Kier alpha value is -3.32. The topological polar surface area (TPSA) is 77.5 Å². The number of nitrogens with zero attached hydrogens (tertiary/aromatic N) is 1. The highest BCUT2D eigenvalue weighted by atomic mass is 32.2. The van der Waals surface area contributed by atoms with E-state index in [0.29, 0.717) is 11.3 Å². The summed E-state index contributed by atoms with van der Waals surface area (Å²) in [6.07, 6.45) is 0.281. The van der Waals surface area contributed by atoms with Gasteiger partial charge in [-0.2, -0.15) is 0 Å². The van der Waals surface area contributed by atoms with E-state index in [0.717, 1.165) is 45.0 Å². The quantitative estimate of drug-likeness (QED) is 0.221. The highest BCUT2D eigenvalue weighted by Crippen LogP contribution is 2.38. The zero-order valence-electron chi connectivity index (χ0n) is 25.2. The van der Waals surface area contributed by atoms with Gasteiger partial charge in [-0.05, 0) is 75.3 Å². The zero-order chi connectivity index (χ0) is 29.7. The Morgan fingerprint density at radius 3 is 2.17 bits per heavy atom. The van der Waals surface area contributed by atoms with Gasteiger partial charge < -0.3 is 14.8 Å². The molecule has 0 fully saturated rings. The maximum atomic E-state index is 12.7. The van der Waals surface area contributed by atoms with Crippen LogP contribution in [0.5, 0.6) is 0 Å². The normalized spacial score (nSPS) is 11.7. The van der Waals surface area contributed by atoms with E-state index in [1.54, 1.807) is 17.8 Å². The molecule has 0 radical (unpaired) electrons. The molecular weight excluding hydrogens is 520 g/mol. The highest BCUT2D eigenvalue weighted by molar-refractivity contribution is 7.98. The zero-order valence-corrected chi connectivity index (χ0v) is 26.0. The predicted octanol–water partition coefficient (Wildman–Crippen LogP) is 8.06. The van der Waals surface area contributed by atoms with Crippen molar-refractivity contribution in [2.24, 2.45) is 5.41 Å². The van der Waals surface area contributed by atoms with Crippen LogP contribution in [0.1, 0.15) is 80.0 Å². The van der Waals surface area contributed by atoms with Crippen LogP contribution in [0.25, 0.3) is 11.1 Å². The number of aryl methyl sites for hydroxylation is 2. The Morgan fingerprint density at radius 2 is 1.57 bits per heavy atom. The molecule has 0 aliphatic heterocycles. The van der Waals surface area contributed by atoms with Crippen molar-refractivity contribution >= 4 is 23.8 Å². The van der Waals surface area contributed by atoms with Crippen LogP contribution in [0.2, 0.25) is 0 Å². The maximum absolute atomic E-state index is 12.7. The molecule has 0 unspecified atom stereocenters. The van der Waals surface area contributed by atoms with Crippen LogP contribution in [0, 0.1) is 19.3 Å². The first-order chi connectivity index (χ1) is 18.7. The molecule has 0 atom stereocenters. The third-order valence-corrected chi connectivity index (χ3v) is 7.30. The molecule has 0 saturated heterocycles. The number of methoxy groups -OCH3 is 1. The van der Waals surface area contributed by atoms with Crippen molar-refractivity contribution in [3.63, 3.8) is 0 Å². The number of hydrogen-bond acceptors (Lipinski definition) is 6. The smallest absolute Gasteiger partial charge is 0.407 e. The minimum absolute atomic E-state index is 0.0135. The minimum Gasteiger partial charge on any atom is -0.465 e. The lowest BCUT2D eigenvalue weighted by atomic mass is 9.85. The van der Waals surface area contributed by atoms with Crippen LogP contribution in [0.15, 0.2) is 53.4 Å². The first kappa shape index (κ1) is 31.2. The summed E-state index contributed by atoms with van der Waals surface area (Å²) in [6, 6.07) is 15.9. The SMILES string of the molecule is COC(=O)c1ccccc1SCc1c(C)nc(CC(C)(C)C)c(CNC(=O)OC(C)(C)C)c1-c1ccc(C)cc1. The molecule has 1 N–H and O–H groups in total. The predicted molar refractivity (Wildman–Crippen MR) is 163 cm³/mol. The van der Waals surface area contributed by atoms with Crippen molar-refractivity contribution in [1.29, 1.82) is 0 Å². The van der Waals surface area contributed by atoms with E-state index in [9.17, 15) is 9.59 Å². The number of amides is 1. The number of thioether (sulfide) groups is 1. The van der Waals surface area contributed by atoms with Crippen LogP contribution >= 0.6 is 11.8 Å². The lowest BCUT2D eigenvalue weighted by molar-refractivity contribution is 0.0522. The summed E-state index contributed by atoms with van der Waals surface area (Å²) < 4.78 is 10.6. The molecule has 40 heavy (non-hydrogen) atoms. The molecule has 6 nitrogen and oxygen atoms in total. The van der Waals surface area contributed by atoms with E-state index >= 15 is 0 Å². The molecule has 1 aromatic heterocycles. The van der Waals surface area contributed by atoms with Gasteiger partial charge in [0.05, 0.1) is 12.7 Å². The van der Waals surface area contributed by atoms with Gasteiger partial charge in [-0.15, -0.1) is 11.8 Å². The van der Waals surface area contributed by atoms with E-state index in [1.165, 1.54) is 12.7 Å². The molecule has 1 heterocycles. The summed E-state index contributed by atoms with van der Waals surface area (Å²) in [6.45, 7) is 16.5. The summed E-state index contributed by atoms with van der Waals surface area (Å²) in [5.41, 5.74) is 7.14. The number of nitrogens with one attached hydrogen (secondary N) is 1. The molecule has 214 valence electrons. The number of rotatable bonds is 8. The minimum atomic E-state index is -0.599. The molecule has 0 aliphatic carbocycles. The molecule has 0 aliphatic rings. The van der Waals surface area contributed by atoms with Crippen LogP contribution in [-0.2, 0) is 28.2 Å². The summed E-state index contributed by atoms with van der Waals surface area (Å²) >= 11 is 1.58. The van der Waals surface area contributed by atoms with Crippen molar-refractivity contribution in [1.82, 2.24) is 10.3 Å². The second-order valence-corrected chi connectivity index (χ2v) is 13.2. The Balaban J connectivity index is 2.16. The number of carbonyl (C=O) groups is 2. The van der Waals surface area contributed by atoms with Gasteiger partial charge in [0, 0.05) is 34.1 Å². The summed E-state index contributed by atoms with van der Waals surface area (Å²) in [7, 11) is 1.39. The van der Waals surface area contributed by atoms with E-state index < -0.39 is 11.7 Å². The van der Waals surface area contributed by atoms with Gasteiger partial charge in [0.1, 0.15) is 5.60 Å². The lowest BCUT2D eigenvalue weighted by Gasteiger charge is -2.26. The largest absolute Gasteiger partial charge is 0.465 e. The third kappa shape index (κ3) is 8.59. The number of benzene rings is 2. The fourth-order valence-electron chi connectivity index (χ4n) is 4.42. The van der Waals surface area contributed by atoms with E-state index in [4.69, 9.17) is 14.5 Å². The summed E-state index contributed by atoms with van der Waals surface area (Å²) in [5.74, 6) is 0.227. The van der Waals surface area contributed by atoms with Gasteiger partial charge in [0.15, 0.2) is 0 Å². The van der Waals surface area contributed by atoms with Gasteiger partial charge in [0.2, 0.25) is 0 Å². The molecule has 0 saturated carbocycles. The Kier molecular flexibility index (Phi) is 10.1. The number of ether oxygens (including phenoxy) is 2. The fraction of sp³-hybridized carbons (Fsp3) is 0.424. The molecule has 3 rings (SSSR count). The standard InChI is InChI=1S/C33H42N2O4S/c1-21-14-16-23(17-15-21)29-25(19-34-31(37)39-33(6,7)8)27(18-32(3,4)5)35-22(2)26(29)20-40-28-13-11-10-12-24(28)30(36)38-9/h10-17H,18-20H2,1-9H3,(H,34,37). The molecular formula is C33H42N2O4S. The third-order valence-electron chi connectivity index (χ3n) is 6.20. The second-order valence-electron chi connectivity index (χ2n) is 12.2. The van der Waals surface area contributed by atoms with E-state index in [2.05, 4.69) is 57.3 Å². The number of aromatic nitrogens is 1. The van der Waals surface area contributed by atoms with Gasteiger partial charge in [0.25, 0.3) is 0 Å². The second kappa shape index (κ2) is 12.9. The van der Waals surface area contributed by atoms with Crippen LogP contribution in [-0.4, -0.2) is 29.8 Å². The van der Waals surface area contributed by atoms with Crippen LogP contribution in [0.4, 0.5) is 4.79 Å². The van der Waals surface area contributed by atoms with Crippen molar-refractivity contribution in [3.05, 3.63) is 82.2 Å². The first-order valence-electron chi connectivity index (χ1n) is 13.5. The van der Waals surface area contributed by atoms with E-state index in [1.807, 2.05) is 45.9 Å². The molecule has 1 amide bonds. The maximum Gasteiger partial charge on any atom is 0.407 e. The molecule has 3 aromatic rings. The van der Waals surface area contributed by atoms with Gasteiger partial charge in [-0.1, -0.05) is 62.7 Å². The molecule has 0 spiro atoms. The number of pyridine rings is 1. The molecule has 7 heteroatoms. The van der Waals surface area contributed by atoms with Crippen LogP contribution in [0.3, 0.4) is 0 Å². The Labute approximate surface area is 243 Å². The van der Waals surface area contributed by atoms with Crippen LogP contribution < -0.4 is 5.32 Å². The summed E-state index contributed by atoms with van der Waals surface area (Å²) in [5, 5.41) is 2.99. The molecule has 2 aromatic carbocycles. The summed E-state index contributed by atoms with van der Waals surface area (Å²) in [4.78, 5) is 31.1. The highest BCUT2D eigenvalue weighted by Gasteiger charge is 2.25. The monoisotopic (exact) mass is 562 g/mol. The average Bonchev–Trinajstić information content (AvgIpc) is 2.85. The fourth-order valence-corrected chi connectivity index (χ4v) is 5.56. The van der Waals surface area contributed by atoms with Crippen molar-refractivity contribution < 1.29 is 19.1 Å². The molecule has 0 bridgehead atoms. The first-order valence-corrected chi connectivity index (χ1v) is 14.5.